The van der Waals surface area contributed by atoms with E-state index in [9.17, 15) is 4.39 Å². The monoisotopic (exact) mass is 186 g/mol. The minimum absolute atomic E-state index is 0.260. The van der Waals surface area contributed by atoms with E-state index in [1.165, 1.54) is 0 Å². The second kappa shape index (κ2) is 3.54. The molecule has 76 valence electrons. The Hall–Kier alpha value is -0.150. The van der Waals surface area contributed by atoms with Gasteiger partial charge in [0.1, 0.15) is 5.67 Å². The van der Waals surface area contributed by atoms with Gasteiger partial charge in [-0.2, -0.15) is 0 Å². The summed E-state index contributed by atoms with van der Waals surface area (Å²) in [6.07, 6.45) is 2.01. The summed E-state index contributed by atoms with van der Waals surface area (Å²) in [6.45, 7) is 5.52. The van der Waals surface area contributed by atoms with Crippen molar-refractivity contribution in [2.24, 2.45) is 11.8 Å². The standard InChI is InChI=1S/C10H19FN2/c1-10(11,9-6-13-7-9)8-2-4-12-5-3-8/h8-9,12-13H,2-7H2,1H3. The number of hydrogen-bond acceptors (Lipinski definition) is 2. The van der Waals surface area contributed by atoms with Crippen LogP contribution in [-0.2, 0) is 0 Å². The van der Waals surface area contributed by atoms with Gasteiger partial charge in [-0.05, 0) is 38.8 Å². The van der Waals surface area contributed by atoms with Gasteiger partial charge in [0.15, 0.2) is 0 Å². The van der Waals surface area contributed by atoms with Crippen LogP contribution in [0.15, 0.2) is 0 Å². The van der Waals surface area contributed by atoms with Crippen LogP contribution in [0, 0.1) is 11.8 Å². The van der Waals surface area contributed by atoms with Crippen molar-refractivity contribution in [3.05, 3.63) is 0 Å². The van der Waals surface area contributed by atoms with Gasteiger partial charge < -0.3 is 10.6 Å². The van der Waals surface area contributed by atoms with Gasteiger partial charge in [-0.15, -0.1) is 0 Å². The average Bonchev–Trinajstić information content (AvgIpc) is 2.02. The van der Waals surface area contributed by atoms with Gasteiger partial charge in [0, 0.05) is 19.0 Å². The molecule has 2 saturated heterocycles. The van der Waals surface area contributed by atoms with Crippen LogP contribution >= 0.6 is 0 Å². The Morgan fingerprint density at radius 2 is 1.69 bits per heavy atom. The van der Waals surface area contributed by atoms with E-state index in [-0.39, 0.29) is 11.8 Å². The molecule has 0 aromatic rings. The third-order valence-corrected chi connectivity index (χ3v) is 3.72. The highest BCUT2D eigenvalue weighted by Gasteiger charge is 2.44. The maximum atomic E-state index is 14.4. The lowest BCUT2D eigenvalue weighted by atomic mass is 9.73. The van der Waals surface area contributed by atoms with Gasteiger partial charge in [-0.25, -0.2) is 4.39 Å². The summed E-state index contributed by atoms with van der Waals surface area (Å²) < 4.78 is 14.4. The fraction of sp³-hybridized carbons (Fsp3) is 1.00. The molecule has 1 atom stereocenters. The SMILES string of the molecule is CC(F)(C1CCNCC1)C1CNC1. The minimum atomic E-state index is -0.937. The molecule has 2 N–H and O–H groups in total. The highest BCUT2D eigenvalue weighted by molar-refractivity contribution is 4.97. The molecule has 0 aliphatic carbocycles. The Morgan fingerprint density at radius 3 is 2.15 bits per heavy atom. The molecule has 0 spiro atoms. The number of halogens is 1. The Balaban J connectivity index is 1.94. The minimum Gasteiger partial charge on any atom is -0.317 e. The molecule has 2 rings (SSSR count). The molecule has 3 heteroatoms. The topological polar surface area (TPSA) is 24.1 Å². The van der Waals surface area contributed by atoms with Crippen LogP contribution in [0.4, 0.5) is 4.39 Å². The highest BCUT2D eigenvalue weighted by atomic mass is 19.1. The van der Waals surface area contributed by atoms with Crippen LogP contribution < -0.4 is 10.6 Å². The number of rotatable bonds is 2. The van der Waals surface area contributed by atoms with Crippen LogP contribution in [0.1, 0.15) is 19.8 Å². The molecule has 0 amide bonds. The number of alkyl halides is 1. The first kappa shape index (κ1) is 9.41. The van der Waals surface area contributed by atoms with Gasteiger partial charge in [-0.1, -0.05) is 0 Å². The summed E-state index contributed by atoms with van der Waals surface area (Å²) in [7, 11) is 0. The molecule has 0 radical (unpaired) electrons. The summed E-state index contributed by atoms with van der Waals surface area (Å²) in [5, 5.41) is 6.43. The van der Waals surface area contributed by atoms with E-state index in [1.54, 1.807) is 6.92 Å². The number of hydrogen-bond donors (Lipinski definition) is 2. The summed E-state index contributed by atoms with van der Waals surface area (Å²) in [5.41, 5.74) is -0.937. The van der Waals surface area contributed by atoms with Gasteiger partial charge >= 0.3 is 0 Å². The fourth-order valence-electron chi connectivity index (χ4n) is 2.41. The van der Waals surface area contributed by atoms with Crippen LogP contribution in [0.25, 0.3) is 0 Å². The Morgan fingerprint density at radius 1 is 1.08 bits per heavy atom. The van der Waals surface area contributed by atoms with Crippen molar-refractivity contribution in [1.29, 1.82) is 0 Å². The summed E-state index contributed by atoms with van der Waals surface area (Å²) in [6, 6.07) is 0. The van der Waals surface area contributed by atoms with Gasteiger partial charge in [-0.3, -0.25) is 0 Å². The molecule has 2 aliphatic rings. The maximum absolute atomic E-state index is 14.4. The first-order chi connectivity index (χ1) is 6.21. The van der Waals surface area contributed by atoms with Crippen LogP contribution in [-0.4, -0.2) is 31.8 Å². The summed E-state index contributed by atoms with van der Waals surface area (Å²) in [4.78, 5) is 0. The molecule has 2 aliphatic heterocycles. The van der Waals surface area contributed by atoms with E-state index in [1.807, 2.05) is 0 Å². The van der Waals surface area contributed by atoms with Crippen molar-refractivity contribution >= 4 is 0 Å². The third kappa shape index (κ3) is 1.72. The van der Waals surface area contributed by atoms with Gasteiger partial charge in [0.25, 0.3) is 0 Å². The van der Waals surface area contributed by atoms with Gasteiger partial charge in [0.05, 0.1) is 0 Å². The average molecular weight is 186 g/mol. The van der Waals surface area contributed by atoms with Gasteiger partial charge in [0.2, 0.25) is 0 Å². The highest BCUT2D eigenvalue weighted by Crippen LogP contribution is 2.37. The molecular formula is C10H19FN2. The van der Waals surface area contributed by atoms with E-state index in [0.717, 1.165) is 39.0 Å². The molecule has 2 heterocycles. The van der Waals surface area contributed by atoms with Crippen LogP contribution in [0.5, 0.6) is 0 Å². The fourth-order valence-corrected chi connectivity index (χ4v) is 2.41. The molecule has 2 fully saturated rings. The van der Waals surface area contributed by atoms with Crippen molar-refractivity contribution in [1.82, 2.24) is 10.6 Å². The normalized spacial score (nSPS) is 30.9. The molecule has 0 aromatic carbocycles. The molecule has 1 unspecified atom stereocenters. The second-order valence-electron chi connectivity index (χ2n) is 4.53. The lowest BCUT2D eigenvalue weighted by Gasteiger charge is -2.43. The Bertz CT molecular complexity index is 172. The van der Waals surface area contributed by atoms with E-state index < -0.39 is 5.67 Å². The number of piperidine rings is 1. The van der Waals surface area contributed by atoms with Crippen molar-refractivity contribution in [2.45, 2.75) is 25.4 Å². The molecule has 0 saturated carbocycles. The maximum Gasteiger partial charge on any atom is 0.116 e. The quantitative estimate of drug-likeness (QED) is 0.670. The first-order valence-electron chi connectivity index (χ1n) is 5.31. The van der Waals surface area contributed by atoms with Crippen molar-refractivity contribution in [2.75, 3.05) is 26.2 Å². The van der Waals surface area contributed by atoms with E-state index >= 15 is 0 Å². The zero-order chi connectivity index (χ0) is 9.31. The zero-order valence-electron chi connectivity index (χ0n) is 8.28. The zero-order valence-corrected chi connectivity index (χ0v) is 8.28. The van der Waals surface area contributed by atoms with Crippen molar-refractivity contribution in [3.8, 4) is 0 Å². The van der Waals surface area contributed by atoms with Crippen LogP contribution in [0.3, 0.4) is 0 Å². The van der Waals surface area contributed by atoms with E-state index in [0.29, 0.717) is 0 Å². The smallest absolute Gasteiger partial charge is 0.116 e. The Labute approximate surface area is 79.3 Å². The van der Waals surface area contributed by atoms with E-state index in [4.69, 9.17) is 0 Å². The van der Waals surface area contributed by atoms with Crippen molar-refractivity contribution < 1.29 is 4.39 Å². The number of nitrogens with one attached hydrogen (secondary N) is 2. The van der Waals surface area contributed by atoms with Crippen molar-refractivity contribution in [3.63, 3.8) is 0 Å². The molecular weight excluding hydrogens is 167 g/mol. The van der Waals surface area contributed by atoms with Crippen LogP contribution in [0.2, 0.25) is 0 Å². The molecule has 0 aromatic heterocycles. The molecule has 0 bridgehead atoms. The summed E-state index contributed by atoms with van der Waals surface area (Å²) >= 11 is 0. The lowest BCUT2D eigenvalue weighted by Crippen LogP contribution is -2.56. The predicted octanol–water partition coefficient (Wildman–Crippen LogP) is 0.934. The largest absolute Gasteiger partial charge is 0.317 e. The predicted molar refractivity (Wildman–Crippen MR) is 51.5 cm³/mol. The molecule has 2 nitrogen and oxygen atoms in total. The third-order valence-electron chi connectivity index (χ3n) is 3.72. The Kier molecular flexibility index (Phi) is 2.56. The summed E-state index contributed by atoms with van der Waals surface area (Å²) in [5.74, 6) is 0.538. The molecule has 13 heavy (non-hydrogen) atoms. The van der Waals surface area contributed by atoms with E-state index in [2.05, 4.69) is 10.6 Å². The second-order valence-corrected chi connectivity index (χ2v) is 4.53. The first-order valence-corrected chi connectivity index (χ1v) is 5.31. The lowest BCUT2D eigenvalue weighted by molar-refractivity contribution is -0.00506.